The van der Waals surface area contributed by atoms with Gasteiger partial charge in [-0.05, 0) is 51.1 Å². The second-order valence-electron chi connectivity index (χ2n) is 5.66. The standard InChI is InChI=1S/C14H26N2O2/c1-16(11-12-5-7-15-8-6-12)14(17)10-13-4-2-3-9-18-13/h12-13,15H,2-11H2,1H3. The molecule has 4 heteroatoms. The summed E-state index contributed by atoms with van der Waals surface area (Å²) in [5.41, 5.74) is 0. The van der Waals surface area contributed by atoms with Crippen LogP contribution in [-0.4, -0.2) is 50.2 Å². The molecule has 2 aliphatic heterocycles. The molecule has 0 aromatic carbocycles. The molecule has 0 aromatic rings. The predicted octanol–water partition coefficient (Wildman–Crippen LogP) is 1.40. The van der Waals surface area contributed by atoms with E-state index in [1.165, 1.54) is 19.3 Å². The van der Waals surface area contributed by atoms with Gasteiger partial charge in [0, 0.05) is 20.2 Å². The Hall–Kier alpha value is -0.610. The normalized spacial score (nSPS) is 25.9. The third-order valence-corrected chi connectivity index (χ3v) is 4.09. The molecule has 1 unspecified atom stereocenters. The van der Waals surface area contributed by atoms with E-state index in [4.69, 9.17) is 4.74 Å². The summed E-state index contributed by atoms with van der Waals surface area (Å²) in [5, 5.41) is 3.36. The molecule has 2 fully saturated rings. The molecule has 2 saturated heterocycles. The fourth-order valence-electron chi connectivity index (χ4n) is 2.87. The number of nitrogens with one attached hydrogen (secondary N) is 1. The summed E-state index contributed by atoms with van der Waals surface area (Å²) >= 11 is 0. The van der Waals surface area contributed by atoms with Crippen molar-refractivity contribution in [2.24, 2.45) is 5.92 Å². The zero-order chi connectivity index (χ0) is 12.8. The highest BCUT2D eigenvalue weighted by molar-refractivity contribution is 5.76. The van der Waals surface area contributed by atoms with Crippen LogP contribution in [0.2, 0.25) is 0 Å². The summed E-state index contributed by atoms with van der Waals surface area (Å²) in [4.78, 5) is 14.0. The smallest absolute Gasteiger partial charge is 0.224 e. The van der Waals surface area contributed by atoms with Gasteiger partial charge in [0.25, 0.3) is 0 Å². The van der Waals surface area contributed by atoms with Gasteiger partial charge in [0.05, 0.1) is 12.5 Å². The van der Waals surface area contributed by atoms with Crippen LogP contribution in [0.25, 0.3) is 0 Å². The Balaban J connectivity index is 1.69. The summed E-state index contributed by atoms with van der Waals surface area (Å²) < 4.78 is 5.63. The van der Waals surface area contributed by atoms with Crippen LogP contribution in [-0.2, 0) is 9.53 Å². The number of ether oxygens (including phenoxy) is 1. The van der Waals surface area contributed by atoms with Crippen LogP contribution in [0.5, 0.6) is 0 Å². The van der Waals surface area contributed by atoms with Crippen LogP contribution < -0.4 is 5.32 Å². The molecule has 4 nitrogen and oxygen atoms in total. The second-order valence-corrected chi connectivity index (χ2v) is 5.66. The molecular formula is C14H26N2O2. The van der Waals surface area contributed by atoms with Crippen LogP contribution in [0.4, 0.5) is 0 Å². The van der Waals surface area contributed by atoms with Crippen molar-refractivity contribution in [3.8, 4) is 0 Å². The van der Waals surface area contributed by atoms with E-state index in [2.05, 4.69) is 5.32 Å². The maximum absolute atomic E-state index is 12.1. The Morgan fingerprint density at radius 1 is 1.28 bits per heavy atom. The van der Waals surface area contributed by atoms with E-state index in [1.54, 1.807) is 0 Å². The summed E-state index contributed by atoms with van der Waals surface area (Å²) in [7, 11) is 1.94. The SMILES string of the molecule is CN(CC1CCNCC1)C(=O)CC1CCCCO1. The molecule has 18 heavy (non-hydrogen) atoms. The minimum atomic E-state index is 0.168. The molecule has 2 heterocycles. The van der Waals surface area contributed by atoms with Crippen LogP contribution in [0.1, 0.15) is 38.5 Å². The Labute approximate surface area is 110 Å². The molecular weight excluding hydrogens is 228 g/mol. The van der Waals surface area contributed by atoms with Gasteiger partial charge in [-0.25, -0.2) is 0 Å². The second kappa shape index (κ2) is 7.10. The van der Waals surface area contributed by atoms with E-state index < -0.39 is 0 Å². The van der Waals surface area contributed by atoms with Gasteiger partial charge in [-0.1, -0.05) is 0 Å². The number of hydrogen-bond donors (Lipinski definition) is 1. The average molecular weight is 254 g/mol. The minimum absolute atomic E-state index is 0.168. The Morgan fingerprint density at radius 2 is 2.06 bits per heavy atom. The molecule has 0 aromatic heterocycles. The molecule has 0 saturated carbocycles. The Morgan fingerprint density at radius 3 is 2.72 bits per heavy atom. The quantitative estimate of drug-likeness (QED) is 0.824. The van der Waals surface area contributed by atoms with Crippen LogP contribution >= 0.6 is 0 Å². The van der Waals surface area contributed by atoms with Crippen LogP contribution in [0, 0.1) is 5.92 Å². The largest absolute Gasteiger partial charge is 0.378 e. The van der Waals surface area contributed by atoms with Crippen molar-refractivity contribution in [2.75, 3.05) is 33.3 Å². The van der Waals surface area contributed by atoms with Crippen molar-refractivity contribution in [1.82, 2.24) is 10.2 Å². The van der Waals surface area contributed by atoms with Crippen molar-refractivity contribution >= 4 is 5.91 Å². The number of amides is 1. The highest BCUT2D eigenvalue weighted by Gasteiger charge is 2.22. The summed E-state index contributed by atoms with van der Waals surface area (Å²) in [5.74, 6) is 0.924. The zero-order valence-electron chi connectivity index (χ0n) is 11.5. The fraction of sp³-hybridized carbons (Fsp3) is 0.929. The minimum Gasteiger partial charge on any atom is -0.378 e. The Kier molecular flexibility index (Phi) is 5.45. The molecule has 2 rings (SSSR count). The molecule has 104 valence electrons. The van der Waals surface area contributed by atoms with Crippen LogP contribution in [0.3, 0.4) is 0 Å². The third kappa shape index (κ3) is 4.25. The third-order valence-electron chi connectivity index (χ3n) is 4.09. The number of hydrogen-bond acceptors (Lipinski definition) is 3. The highest BCUT2D eigenvalue weighted by Crippen LogP contribution is 2.18. The number of piperidine rings is 1. The first-order chi connectivity index (χ1) is 8.75. The molecule has 1 atom stereocenters. The maximum Gasteiger partial charge on any atom is 0.224 e. The number of rotatable bonds is 4. The van der Waals surface area contributed by atoms with Gasteiger partial charge >= 0.3 is 0 Å². The van der Waals surface area contributed by atoms with Gasteiger partial charge < -0.3 is 15.0 Å². The van der Waals surface area contributed by atoms with Crippen molar-refractivity contribution in [3.05, 3.63) is 0 Å². The summed E-state index contributed by atoms with van der Waals surface area (Å²) in [6.45, 7) is 3.93. The maximum atomic E-state index is 12.1. The number of nitrogens with zero attached hydrogens (tertiary/aromatic N) is 1. The number of carbonyl (C=O) groups excluding carboxylic acids is 1. The summed E-state index contributed by atoms with van der Waals surface area (Å²) in [6, 6.07) is 0. The number of carbonyl (C=O) groups is 1. The lowest BCUT2D eigenvalue weighted by Gasteiger charge is -2.29. The molecule has 1 N–H and O–H groups in total. The zero-order valence-corrected chi connectivity index (χ0v) is 11.5. The monoisotopic (exact) mass is 254 g/mol. The van der Waals surface area contributed by atoms with Crippen molar-refractivity contribution in [2.45, 2.75) is 44.6 Å². The first kappa shape index (κ1) is 13.8. The predicted molar refractivity (Wildman–Crippen MR) is 71.4 cm³/mol. The van der Waals surface area contributed by atoms with Crippen molar-refractivity contribution < 1.29 is 9.53 Å². The van der Waals surface area contributed by atoms with Crippen molar-refractivity contribution in [3.63, 3.8) is 0 Å². The average Bonchev–Trinajstić information content (AvgIpc) is 2.41. The molecule has 0 radical (unpaired) electrons. The van der Waals surface area contributed by atoms with E-state index in [1.807, 2.05) is 11.9 Å². The summed E-state index contributed by atoms with van der Waals surface area (Å²) in [6.07, 6.45) is 6.52. The van der Waals surface area contributed by atoms with Gasteiger partial charge in [0.2, 0.25) is 5.91 Å². The van der Waals surface area contributed by atoms with Gasteiger partial charge in [0.1, 0.15) is 0 Å². The highest BCUT2D eigenvalue weighted by atomic mass is 16.5. The van der Waals surface area contributed by atoms with E-state index in [9.17, 15) is 4.79 Å². The van der Waals surface area contributed by atoms with E-state index in [-0.39, 0.29) is 12.0 Å². The lowest BCUT2D eigenvalue weighted by Crippen LogP contribution is -2.38. The first-order valence-corrected chi connectivity index (χ1v) is 7.32. The van der Waals surface area contributed by atoms with Gasteiger partial charge in [-0.2, -0.15) is 0 Å². The topological polar surface area (TPSA) is 41.6 Å². The van der Waals surface area contributed by atoms with Crippen LogP contribution in [0.15, 0.2) is 0 Å². The van der Waals surface area contributed by atoms with Crippen molar-refractivity contribution in [1.29, 1.82) is 0 Å². The lowest BCUT2D eigenvalue weighted by atomic mass is 9.97. The van der Waals surface area contributed by atoms with Gasteiger partial charge in [0.15, 0.2) is 0 Å². The van der Waals surface area contributed by atoms with E-state index in [0.29, 0.717) is 12.3 Å². The molecule has 0 spiro atoms. The molecule has 2 aliphatic rings. The van der Waals surface area contributed by atoms with Gasteiger partial charge in [-0.3, -0.25) is 4.79 Å². The van der Waals surface area contributed by atoms with Gasteiger partial charge in [-0.15, -0.1) is 0 Å². The molecule has 1 amide bonds. The lowest BCUT2D eigenvalue weighted by molar-refractivity contribution is -0.134. The molecule has 0 aliphatic carbocycles. The Bertz CT molecular complexity index is 259. The molecule has 0 bridgehead atoms. The first-order valence-electron chi connectivity index (χ1n) is 7.32. The van der Waals surface area contributed by atoms with E-state index >= 15 is 0 Å². The van der Waals surface area contributed by atoms with E-state index in [0.717, 1.165) is 39.1 Å². The fourth-order valence-corrected chi connectivity index (χ4v) is 2.87.